The Bertz CT molecular complexity index is 1040. The van der Waals surface area contributed by atoms with Crippen molar-refractivity contribution in [3.05, 3.63) is 28.0 Å². The first-order valence-electron chi connectivity index (χ1n) is 12.5. The number of imidazole rings is 1. The lowest BCUT2D eigenvalue weighted by molar-refractivity contribution is -0.171. The predicted octanol–water partition coefficient (Wildman–Crippen LogP) is 8.09. The smallest absolute Gasteiger partial charge is 0.361 e. The molecular formula is C25H40BrF3N2O3Si2. The van der Waals surface area contributed by atoms with E-state index in [9.17, 15) is 13.2 Å². The molecule has 1 heterocycles. The Hall–Kier alpha value is -0.726. The van der Waals surface area contributed by atoms with Crippen LogP contribution in [0.5, 0.6) is 0 Å². The summed E-state index contributed by atoms with van der Waals surface area (Å²) in [5.74, 6) is 0.618. The molecule has 1 aliphatic rings. The summed E-state index contributed by atoms with van der Waals surface area (Å²) in [5, 5.41) is 0. The van der Waals surface area contributed by atoms with E-state index in [1.165, 1.54) is 0 Å². The van der Waals surface area contributed by atoms with Crippen LogP contribution in [0.3, 0.4) is 0 Å². The molecular weight excluding hydrogens is 569 g/mol. The van der Waals surface area contributed by atoms with Gasteiger partial charge in [-0.05, 0) is 44.0 Å². The van der Waals surface area contributed by atoms with Crippen LogP contribution in [0.1, 0.15) is 37.1 Å². The molecule has 1 fully saturated rings. The van der Waals surface area contributed by atoms with Gasteiger partial charge in [-0.15, -0.1) is 0 Å². The third-order valence-corrected chi connectivity index (χ3v) is 10.4. The molecule has 1 aromatic heterocycles. The van der Waals surface area contributed by atoms with E-state index in [1.807, 2.05) is 6.92 Å². The zero-order valence-corrected chi connectivity index (χ0v) is 26.1. The summed E-state index contributed by atoms with van der Waals surface area (Å²) in [4.78, 5) is 4.68. The number of rotatable bonds is 12. The van der Waals surface area contributed by atoms with E-state index >= 15 is 0 Å². The van der Waals surface area contributed by atoms with Crippen LogP contribution in [0.15, 0.2) is 16.6 Å². The lowest BCUT2D eigenvalue weighted by Crippen LogP contribution is -2.43. The molecule has 0 atom stereocenters. The Morgan fingerprint density at radius 2 is 1.61 bits per heavy atom. The topological polar surface area (TPSA) is 45.5 Å². The molecule has 1 aliphatic carbocycles. The van der Waals surface area contributed by atoms with Gasteiger partial charge in [-0.1, -0.05) is 55.2 Å². The van der Waals surface area contributed by atoms with Crippen molar-refractivity contribution in [2.24, 2.45) is 0 Å². The largest absolute Gasteiger partial charge is 0.418 e. The van der Waals surface area contributed by atoms with Crippen molar-refractivity contribution in [2.75, 3.05) is 20.0 Å². The number of fused-ring (bicyclic) bond motifs is 1. The fraction of sp³-hybridized carbons (Fsp3) is 0.720. The molecule has 0 spiro atoms. The molecule has 11 heteroatoms. The molecule has 1 aromatic carbocycles. The van der Waals surface area contributed by atoms with E-state index in [4.69, 9.17) is 14.2 Å². The Morgan fingerprint density at radius 1 is 1.03 bits per heavy atom. The molecule has 36 heavy (non-hydrogen) atoms. The molecule has 0 bridgehead atoms. The first-order chi connectivity index (χ1) is 16.5. The van der Waals surface area contributed by atoms with Gasteiger partial charge in [-0.3, -0.25) is 0 Å². The summed E-state index contributed by atoms with van der Waals surface area (Å²) < 4.78 is 61.6. The normalized spacial score (nSPS) is 21.2. The number of hydrogen-bond donors (Lipinski definition) is 0. The van der Waals surface area contributed by atoms with E-state index in [0.29, 0.717) is 41.9 Å². The van der Waals surface area contributed by atoms with Crippen LogP contribution in [0.25, 0.3) is 11.0 Å². The van der Waals surface area contributed by atoms with Crippen molar-refractivity contribution in [1.82, 2.24) is 9.55 Å². The molecule has 2 aromatic rings. The monoisotopic (exact) mass is 608 g/mol. The highest BCUT2D eigenvalue weighted by Crippen LogP contribution is 2.48. The van der Waals surface area contributed by atoms with Gasteiger partial charge >= 0.3 is 6.18 Å². The minimum absolute atomic E-state index is 0.00941. The zero-order valence-electron chi connectivity index (χ0n) is 22.5. The van der Waals surface area contributed by atoms with Gasteiger partial charge < -0.3 is 18.8 Å². The summed E-state index contributed by atoms with van der Waals surface area (Å²) in [7, 11) is -2.48. The molecule has 0 N–H and O–H groups in total. The highest BCUT2D eigenvalue weighted by molar-refractivity contribution is 9.10. The quantitative estimate of drug-likeness (QED) is 0.139. The Kier molecular flexibility index (Phi) is 9.26. The third-order valence-electron chi connectivity index (χ3n) is 6.57. The molecule has 5 nitrogen and oxygen atoms in total. The maximum atomic E-state index is 14.0. The van der Waals surface area contributed by atoms with Gasteiger partial charge in [0.15, 0.2) is 0 Å². The van der Waals surface area contributed by atoms with Gasteiger partial charge in [0.05, 0.1) is 22.2 Å². The van der Waals surface area contributed by atoms with Crippen LogP contribution in [-0.2, 0) is 27.1 Å². The van der Waals surface area contributed by atoms with Crippen molar-refractivity contribution >= 4 is 43.1 Å². The van der Waals surface area contributed by atoms with Crippen LogP contribution < -0.4 is 0 Å². The SMILES string of the molecule is CC1(OCOCC[Si](C)(C)C)CC(c2nc3cc(Br)cc(C(F)(F)F)c3n2COCC[Si](C)(C)C)C1. The number of aromatic nitrogens is 2. The van der Waals surface area contributed by atoms with Gasteiger partial charge in [0.1, 0.15) is 19.3 Å². The number of ether oxygens (including phenoxy) is 3. The Morgan fingerprint density at radius 3 is 2.17 bits per heavy atom. The summed E-state index contributed by atoms with van der Waals surface area (Å²) in [6, 6.07) is 4.79. The fourth-order valence-electron chi connectivity index (χ4n) is 4.35. The van der Waals surface area contributed by atoms with Crippen molar-refractivity contribution in [1.29, 1.82) is 0 Å². The van der Waals surface area contributed by atoms with Crippen LogP contribution in [0.4, 0.5) is 13.2 Å². The summed E-state index contributed by atoms with van der Waals surface area (Å²) in [6.07, 6.45) is -3.16. The molecule has 204 valence electrons. The molecule has 0 aliphatic heterocycles. The third kappa shape index (κ3) is 8.13. The molecule has 0 saturated heterocycles. The molecule has 0 unspecified atom stereocenters. The van der Waals surface area contributed by atoms with Crippen molar-refractivity contribution in [3.63, 3.8) is 0 Å². The van der Waals surface area contributed by atoms with E-state index in [2.05, 4.69) is 60.2 Å². The average Bonchev–Trinajstić information content (AvgIpc) is 3.03. The van der Waals surface area contributed by atoms with E-state index in [0.717, 1.165) is 18.2 Å². The molecule has 1 saturated carbocycles. The van der Waals surface area contributed by atoms with Gasteiger partial charge in [0.25, 0.3) is 0 Å². The van der Waals surface area contributed by atoms with Gasteiger partial charge in [0, 0.05) is 39.8 Å². The maximum Gasteiger partial charge on any atom is 0.418 e. The van der Waals surface area contributed by atoms with Crippen LogP contribution in [-0.4, -0.2) is 51.3 Å². The summed E-state index contributed by atoms with van der Waals surface area (Å²) in [6.45, 7) is 17.2. The van der Waals surface area contributed by atoms with Gasteiger partial charge in [-0.25, -0.2) is 4.98 Å². The number of hydrogen-bond acceptors (Lipinski definition) is 4. The lowest BCUT2D eigenvalue weighted by atomic mass is 9.71. The summed E-state index contributed by atoms with van der Waals surface area (Å²) in [5.41, 5.74) is -0.671. The second-order valence-corrected chi connectivity index (χ2v) is 24.8. The first kappa shape index (κ1) is 29.8. The highest BCUT2D eigenvalue weighted by atomic mass is 79.9. The van der Waals surface area contributed by atoms with Crippen LogP contribution in [0, 0.1) is 0 Å². The van der Waals surface area contributed by atoms with Crippen molar-refractivity contribution < 1.29 is 27.4 Å². The minimum Gasteiger partial charge on any atom is -0.361 e. The molecule has 3 rings (SSSR count). The highest BCUT2D eigenvalue weighted by Gasteiger charge is 2.45. The van der Waals surface area contributed by atoms with Gasteiger partial charge in [0.2, 0.25) is 0 Å². The van der Waals surface area contributed by atoms with Crippen molar-refractivity contribution in [3.8, 4) is 0 Å². The predicted molar refractivity (Wildman–Crippen MR) is 147 cm³/mol. The van der Waals surface area contributed by atoms with Gasteiger partial charge in [-0.2, -0.15) is 13.2 Å². The molecule has 0 amide bonds. The summed E-state index contributed by atoms with van der Waals surface area (Å²) >= 11 is 3.23. The van der Waals surface area contributed by atoms with Crippen LogP contribution >= 0.6 is 15.9 Å². The first-order valence-corrected chi connectivity index (χ1v) is 20.7. The average molecular weight is 610 g/mol. The maximum absolute atomic E-state index is 14.0. The Balaban J connectivity index is 1.77. The number of halogens is 4. The minimum atomic E-state index is -4.50. The number of alkyl halides is 3. The fourth-order valence-corrected chi connectivity index (χ4v) is 6.31. The van der Waals surface area contributed by atoms with E-state index < -0.39 is 27.9 Å². The standard InChI is InChI=1S/C25H40BrF3N2O3Si2/c1-24(34-17-33-9-11-36(5,6)7)14-18(15-24)23-30-21-13-19(26)12-20(25(27,28)29)22(21)31(23)16-32-8-10-35(2,3)4/h12-13,18H,8-11,14-17H2,1-7H3. The van der Waals surface area contributed by atoms with Crippen LogP contribution in [0.2, 0.25) is 51.4 Å². The number of benzene rings is 1. The second-order valence-electron chi connectivity index (χ2n) is 12.6. The van der Waals surface area contributed by atoms with E-state index in [1.54, 1.807) is 10.6 Å². The lowest BCUT2D eigenvalue weighted by Gasteiger charge is -2.44. The Labute approximate surface area is 223 Å². The van der Waals surface area contributed by atoms with Crippen molar-refractivity contribution in [2.45, 2.75) is 95.6 Å². The van der Waals surface area contributed by atoms with E-state index in [-0.39, 0.29) is 30.6 Å². The number of nitrogens with zero attached hydrogens (tertiary/aromatic N) is 2. The second kappa shape index (κ2) is 11.2. The molecule has 0 radical (unpaired) electrons. The zero-order chi connectivity index (χ0) is 26.9.